The smallest absolute Gasteiger partial charge is 0.241 e. The third-order valence-electron chi connectivity index (χ3n) is 5.52. The first-order valence-corrected chi connectivity index (χ1v) is 10.8. The second-order valence-electron chi connectivity index (χ2n) is 7.80. The van der Waals surface area contributed by atoms with Crippen molar-refractivity contribution in [3.8, 4) is 0 Å². The molecule has 11 heteroatoms. The number of likely N-dealkylation sites (N-methyl/N-ethyl adjacent to an activating group) is 1. The topological polar surface area (TPSA) is 126 Å². The zero-order chi connectivity index (χ0) is 22.6. The molecule has 33 heavy (non-hydrogen) atoms. The number of aromatic nitrogens is 6. The van der Waals surface area contributed by atoms with Gasteiger partial charge in [-0.1, -0.05) is 12.1 Å². The van der Waals surface area contributed by atoms with Crippen molar-refractivity contribution in [1.82, 2.24) is 35.3 Å². The third-order valence-corrected chi connectivity index (χ3v) is 5.52. The highest BCUT2D eigenvalue weighted by Crippen LogP contribution is 2.23. The molecule has 0 aliphatic carbocycles. The summed E-state index contributed by atoms with van der Waals surface area (Å²) in [6, 6.07) is 8.52. The van der Waals surface area contributed by atoms with Crippen LogP contribution in [0, 0.1) is 0 Å². The molecule has 0 atom stereocenters. The maximum absolute atomic E-state index is 11.6. The van der Waals surface area contributed by atoms with Gasteiger partial charge in [0.15, 0.2) is 5.65 Å². The van der Waals surface area contributed by atoms with Gasteiger partial charge in [-0.25, -0.2) is 4.98 Å². The van der Waals surface area contributed by atoms with E-state index in [2.05, 4.69) is 60.1 Å². The minimum atomic E-state index is -0.124. The van der Waals surface area contributed by atoms with Crippen molar-refractivity contribution in [2.24, 2.45) is 0 Å². The van der Waals surface area contributed by atoms with E-state index in [1.807, 2.05) is 0 Å². The molecule has 0 bridgehead atoms. The van der Waals surface area contributed by atoms with Crippen LogP contribution in [-0.4, -0.2) is 69.2 Å². The van der Waals surface area contributed by atoms with E-state index in [0.717, 1.165) is 42.9 Å². The minimum Gasteiger partial charge on any atom is -0.378 e. The fraction of sp³-hybridized carbons (Fsp3) is 0.318. The number of anilines is 3. The Labute approximate surface area is 190 Å². The predicted molar refractivity (Wildman–Crippen MR) is 124 cm³/mol. The van der Waals surface area contributed by atoms with Gasteiger partial charge in [-0.3, -0.25) is 14.6 Å². The van der Waals surface area contributed by atoms with Crippen molar-refractivity contribution in [1.29, 1.82) is 0 Å². The fourth-order valence-corrected chi connectivity index (χ4v) is 3.83. The summed E-state index contributed by atoms with van der Waals surface area (Å²) in [5.41, 5.74) is 4.57. The number of hydrogen-bond acceptors (Lipinski definition) is 8. The van der Waals surface area contributed by atoms with Gasteiger partial charge < -0.3 is 20.3 Å². The summed E-state index contributed by atoms with van der Waals surface area (Å²) in [4.78, 5) is 23.2. The first-order chi connectivity index (χ1) is 16.2. The number of carbonyl (C=O) groups excluding carboxylic acids is 1. The number of hydrogen-bond donors (Lipinski definition) is 3. The highest BCUT2D eigenvalue weighted by atomic mass is 16.5. The molecule has 1 aliphatic heterocycles. The number of benzene rings is 1. The number of nitrogens with one attached hydrogen (secondary N) is 3. The molecule has 170 valence electrons. The number of fused-ring (bicyclic) bond motifs is 1. The lowest BCUT2D eigenvalue weighted by molar-refractivity contribution is -0.121. The molecule has 0 radical (unpaired) electrons. The average molecular weight is 448 g/mol. The van der Waals surface area contributed by atoms with E-state index in [-0.39, 0.29) is 12.5 Å². The van der Waals surface area contributed by atoms with E-state index in [1.165, 1.54) is 5.69 Å². The number of carbonyl (C=O) groups is 1. The van der Waals surface area contributed by atoms with Crippen molar-refractivity contribution in [3.05, 3.63) is 54.1 Å². The van der Waals surface area contributed by atoms with Crippen LogP contribution >= 0.6 is 0 Å². The standard InChI is InChI=1S/C22H25N9O2/c1-23-20(32)14-31-13-16(11-25-31)26-22-27-19(18-12-24-29-21(18)28-22)10-15-3-2-4-17(9-15)30-5-7-33-8-6-30/h2-4,9,11-13H,5-8,10,14H2,1H3,(H,23,32)(H2,24,26,27,28,29). The van der Waals surface area contributed by atoms with Crippen molar-refractivity contribution in [2.45, 2.75) is 13.0 Å². The molecule has 4 aromatic rings. The van der Waals surface area contributed by atoms with Gasteiger partial charge in [0.1, 0.15) is 6.54 Å². The molecule has 0 saturated carbocycles. The fourth-order valence-electron chi connectivity index (χ4n) is 3.83. The van der Waals surface area contributed by atoms with Gasteiger partial charge >= 0.3 is 0 Å². The van der Waals surface area contributed by atoms with Gasteiger partial charge in [0, 0.05) is 38.4 Å². The number of amides is 1. The zero-order valence-corrected chi connectivity index (χ0v) is 18.3. The molecule has 4 heterocycles. The number of ether oxygens (including phenoxy) is 1. The van der Waals surface area contributed by atoms with E-state index < -0.39 is 0 Å². The highest BCUT2D eigenvalue weighted by molar-refractivity contribution is 5.79. The lowest BCUT2D eigenvalue weighted by atomic mass is 10.1. The van der Waals surface area contributed by atoms with Gasteiger partial charge in [0.2, 0.25) is 11.9 Å². The van der Waals surface area contributed by atoms with Gasteiger partial charge in [0.05, 0.1) is 42.4 Å². The quantitative estimate of drug-likeness (QED) is 0.389. The van der Waals surface area contributed by atoms with Crippen LogP contribution < -0.4 is 15.5 Å². The summed E-state index contributed by atoms with van der Waals surface area (Å²) in [6.45, 7) is 3.43. The molecule has 5 rings (SSSR count). The Balaban J connectivity index is 1.38. The molecule has 3 aromatic heterocycles. The molecule has 1 fully saturated rings. The summed E-state index contributed by atoms with van der Waals surface area (Å²) in [5, 5.41) is 17.9. The Kier molecular flexibility index (Phi) is 5.85. The van der Waals surface area contributed by atoms with Crippen LogP contribution in [0.25, 0.3) is 11.0 Å². The van der Waals surface area contributed by atoms with Gasteiger partial charge in [-0.2, -0.15) is 15.2 Å². The zero-order valence-electron chi connectivity index (χ0n) is 18.3. The lowest BCUT2D eigenvalue weighted by Gasteiger charge is -2.29. The Morgan fingerprint density at radius 1 is 1.21 bits per heavy atom. The normalized spacial score (nSPS) is 13.9. The van der Waals surface area contributed by atoms with Crippen LogP contribution in [0.2, 0.25) is 0 Å². The second kappa shape index (κ2) is 9.25. The minimum absolute atomic E-state index is 0.124. The molecular formula is C22H25N9O2. The summed E-state index contributed by atoms with van der Waals surface area (Å²) in [7, 11) is 1.59. The highest BCUT2D eigenvalue weighted by Gasteiger charge is 2.14. The molecule has 1 saturated heterocycles. The summed E-state index contributed by atoms with van der Waals surface area (Å²) in [5.74, 6) is 0.312. The summed E-state index contributed by atoms with van der Waals surface area (Å²) in [6.07, 6.45) is 5.76. The molecule has 1 aliphatic rings. The van der Waals surface area contributed by atoms with Gasteiger partial charge in [0.25, 0.3) is 0 Å². The lowest BCUT2D eigenvalue weighted by Crippen LogP contribution is -2.36. The maximum Gasteiger partial charge on any atom is 0.241 e. The third kappa shape index (κ3) is 4.77. The SMILES string of the molecule is CNC(=O)Cn1cc(Nc2nc(Cc3cccc(N4CCOCC4)c3)c3cn[nH]c3n2)cn1. The monoisotopic (exact) mass is 447 g/mol. The van der Waals surface area contributed by atoms with Gasteiger partial charge in [-0.15, -0.1) is 0 Å². The van der Waals surface area contributed by atoms with Crippen LogP contribution in [0.15, 0.2) is 42.9 Å². The van der Waals surface area contributed by atoms with Crippen molar-refractivity contribution < 1.29 is 9.53 Å². The molecular weight excluding hydrogens is 422 g/mol. The number of H-pyrrole nitrogens is 1. The molecule has 0 spiro atoms. The number of morpholine rings is 1. The largest absolute Gasteiger partial charge is 0.378 e. The van der Waals surface area contributed by atoms with Crippen LogP contribution in [0.4, 0.5) is 17.3 Å². The molecule has 1 aromatic carbocycles. The van der Waals surface area contributed by atoms with E-state index in [9.17, 15) is 4.79 Å². The van der Waals surface area contributed by atoms with E-state index >= 15 is 0 Å². The molecule has 3 N–H and O–H groups in total. The summed E-state index contributed by atoms with van der Waals surface area (Å²) < 4.78 is 7.02. The van der Waals surface area contributed by atoms with Crippen LogP contribution in [0.3, 0.4) is 0 Å². The first kappa shape index (κ1) is 20.9. The molecule has 11 nitrogen and oxygen atoms in total. The Morgan fingerprint density at radius 2 is 2.09 bits per heavy atom. The molecule has 1 amide bonds. The van der Waals surface area contributed by atoms with Crippen LogP contribution in [0.5, 0.6) is 0 Å². The maximum atomic E-state index is 11.6. The predicted octanol–water partition coefficient (Wildman–Crippen LogP) is 1.47. The molecule has 0 unspecified atom stereocenters. The van der Waals surface area contributed by atoms with E-state index in [1.54, 1.807) is 30.3 Å². The number of aromatic amines is 1. The van der Waals surface area contributed by atoms with Crippen LogP contribution in [0.1, 0.15) is 11.3 Å². The van der Waals surface area contributed by atoms with Crippen molar-refractivity contribution in [2.75, 3.05) is 43.6 Å². The Hall–Kier alpha value is -3.99. The van der Waals surface area contributed by atoms with Crippen molar-refractivity contribution in [3.63, 3.8) is 0 Å². The van der Waals surface area contributed by atoms with Gasteiger partial charge in [-0.05, 0) is 17.7 Å². The Morgan fingerprint density at radius 3 is 2.94 bits per heavy atom. The summed E-state index contributed by atoms with van der Waals surface area (Å²) >= 11 is 0. The number of nitrogens with zero attached hydrogens (tertiary/aromatic N) is 6. The van der Waals surface area contributed by atoms with Crippen molar-refractivity contribution >= 4 is 34.3 Å². The number of rotatable bonds is 7. The second-order valence-corrected chi connectivity index (χ2v) is 7.80. The van der Waals surface area contributed by atoms with E-state index in [4.69, 9.17) is 9.72 Å². The average Bonchev–Trinajstić information content (AvgIpc) is 3.49. The first-order valence-electron chi connectivity index (χ1n) is 10.8. The van der Waals surface area contributed by atoms with E-state index in [0.29, 0.717) is 23.7 Å². The van der Waals surface area contributed by atoms with Crippen LogP contribution in [-0.2, 0) is 22.5 Å². The Bertz CT molecular complexity index is 1260.